The van der Waals surface area contributed by atoms with Gasteiger partial charge in [0.2, 0.25) is 0 Å². The lowest BCUT2D eigenvalue weighted by molar-refractivity contribution is -0.363. The summed E-state index contributed by atoms with van der Waals surface area (Å²) in [5.41, 5.74) is 7.29. The summed E-state index contributed by atoms with van der Waals surface area (Å²) in [5.74, 6) is 0.980. The van der Waals surface area contributed by atoms with E-state index >= 15 is 8.63 Å². The SMILES string of the molecule is CCC1=C(C)C2=C(c3cc(OC)c(Cl)cc3OC)c3c(C)c(CC)c(C)n3[B-](F)(F)[N+]2=C1C. The minimum Gasteiger partial charge on any atom is -0.496 e. The van der Waals surface area contributed by atoms with Crippen molar-refractivity contribution in [3.05, 3.63) is 62.1 Å². The van der Waals surface area contributed by atoms with E-state index in [2.05, 4.69) is 0 Å². The summed E-state index contributed by atoms with van der Waals surface area (Å²) in [6.45, 7) is 7.38. The predicted octanol–water partition coefficient (Wildman–Crippen LogP) is 6.55. The molecule has 0 bridgehead atoms. The van der Waals surface area contributed by atoms with E-state index in [1.807, 2.05) is 27.7 Å². The molecule has 2 aliphatic heterocycles. The summed E-state index contributed by atoms with van der Waals surface area (Å²) in [5, 5.41) is 0.402. The van der Waals surface area contributed by atoms with Gasteiger partial charge >= 0.3 is 6.97 Å². The second-order valence-corrected chi connectivity index (χ2v) is 9.08. The molecule has 0 saturated carbocycles. The maximum atomic E-state index is 16.4. The number of nitrogens with zero attached hydrogens (tertiary/aromatic N) is 2. The molecule has 0 unspecified atom stereocenters. The smallest absolute Gasteiger partial charge is 0.496 e. The highest BCUT2D eigenvalue weighted by Gasteiger charge is 2.57. The average Bonchev–Trinajstić information content (AvgIpc) is 3.18. The van der Waals surface area contributed by atoms with Gasteiger partial charge in [-0.15, -0.1) is 0 Å². The zero-order valence-corrected chi connectivity index (χ0v) is 21.2. The summed E-state index contributed by atoms with van der Waals surface area (Å²) in [6, 6.07) is 3.48. The highest BCUT2D eigenvalue weighted by Crippen LogP contribution is 2.50. The number of methoxy groups -OCH3 is 2. The molecule has 0 fully saturated rings. The Bertz CT molecular complexity index is 1290. The molecule has 8 heteroatoms. The maximum Gasteiger partial charge on any atom is 0.737 e. The quantitative estimate of drug-likeness (QED) is 0.460. The molecule has 0 radical (unpaired) electrons. The minimum absolute atomic E-state index is 0.402. The lowest BCUT2D eigenvalue weighted by Crippen LogP contribution is -2.51. The predicted molar refractivity (Wildman–Crippen MR) is 131 cm³/mol. The zero-order valence-electron chi connectivity index (χ0n) is 20.5. The molecule has 33 heavy (non-hydrogen) atoms. The number of aromatic nitrogens is 1. The fourth-order valence-corrected chi connectivity index (χ4v) is 6.02. The summed E-state index contributed by atoms with van der Waals surface area (Å²) >= 11 is 6.39. The highest BCUT2D eigenvalue weighted by molar-refractivity contribution is 6.58. The van der Waals surface area contributed by atoms with Gasteiger partial charge in [0.05, 0.1) is 24.8 Å². The molecule has 4 rings (SSSR count). The van der Waals surface area contributed by atoms with Crippen LogP contribution in [0.4, 0.5) is 8.63 Å². The number of halogens is 3. The van der Waals surface area contributed by atoms with Gasteiger partial charge in [-0.05, 0) is 56.5 Å². The van der Waals surface area contributed by atoms with Crippen molar-refractivity contribution >= 4 is 29.9 Å². The molecule has 2 aliphatic rings. The Morgan fingerprint density at radius 3 is 2.18 bits per heavy atom. The van der Waals surface area contributed by atoms with Crippen molar-refractivity contribution < 1.29 is 22.6 Å². The Morgan fingerprint density at radius 1 is 1.00 bits per heavy atom. The molecular weight excluding hydrogens is 445 g/mol. The van der Waals surface area contributed by atoms with Crippen LogP contribution in [-0.2, 0) is 6.42 Å². The molecule has 1 aromatic carbocycles. The minimum atomic E-state index is -4.08. The van der Waals surface area contributed by atoms with Gasteiger partial charge in [-0.2, -0.15) is 0 Å². The Hall–Kier alpha value is -2.54. The van der Waals surface area contributed by atoms with Crippen LogP contribution in [0, 0.1) is 13.8 Å². The molecular formula is C25H30BClF2N2O2. The standard InChI is InChI=1S/C25H30BClF2N2O2/c1-9-17-13(3)24-23(19-11-22(33-8)20(27)12-21(19)32-7)25-14(4)18(10-2)16(6)31(25)26(28,29)30(24)15(17)5/h11-12H,9-10H2,1-8H3. The van der Waals surface area contributed by atoms with Gasteiger partial charge in [-0.25, -0.2) is 0 Å². The molecule has 0 atom stereocenters. The molecule has 176 valence electrons. The van der Waals surface area contributed by atoms with Gasteiger partial charge in [-0.3, -0.25) is 0 Å². The molecule has 0 amide bonds. The molecule has 0 saturated heterocycles. The van der Waals surface area contributed by atoms with Crippen molar-refractivity contribution in [1.29, 1.82) is 0 Å². The van der Waals surface area contributed by atoms with E-state index in [0.29, 0.717) is 57.7 Å². The third-order valence-electron chi connectivity index (χ3n) is 7.24. The van der Waals surface area contributed by atoms with Crippen molar-refractivity contribution in [2.45, 2.75) is 54.4 Å². The zero-order chi connectivity index (χ0) is 24.4. The second kappa shape index (κ2) is 8.05. The van der Waals surface area contributed by atoms with Gasteiger partial charge in [0, 0.05) is 35.4 Å². The lowest BCUT2D eigenvalue weighted by Gasteiger charge is -2.34. The summed E-state index contributed by atoms with van der Waals surface area (Å²) < 4.78 is 46.4. The largest absolute Gasteiger partial charge is 0.737 e. The topological polar surface area (TPSA) is 26.4 Å². The third kappa shape index (κ3) is 3.04. The number of rotatable bonds is 5. The first kappa shape index (κ1) is 23.6. The first-order valence-electron chi connectivity index (χ1n) is 11.3. The van der Waals surface area contributed by atoms with Gasteiger partial charge in [-0.1, -0.05) is 25.4 Å². The van der Waals surface area contributed by atoms with E-state index in [4.69, 9.17) is 21.1 Å². The van der Waals surface area contributed by atoms with Crippen LogP contribution in [0.5, 0.6) is 11.5 Å². The third-order valence-corrected chi connectivity index (χ3v) is 7.53. The Balaban J connectivity index is 2.27. The summed E-state index contributed by atoms with van der Waals surface area (Å²) in [7, 11) is 3.10. The summed E-state index contributed by atoms with van der Waals surface area (Å²) in [4.78, 5) is 0. The van der Waals surface area contributed by atoms with E-state index in [9.17, 15) is 0 Å². The molecule has 3 heterocycles. The van der Waals surface area contributed by atoms with Gasteiger partial charge in [0.25, 0.3) is 0 Å². The van der Waals surface area contributed by atoms with Crippen LogP contribution in [0.15, 0.2) is 29.0 Å². The average molecular weight is 475 g/mol. The van der Waals surface area contributed by atoms with Crippen molar-refractivity contribution in [2.24, 2.45) is 0 Å². The maximum absolute atomic E-state index is 16.4. The Labute approximate surface area is 199 Å². The number of hydrogen-bond donors (Lipinski definition) is 0. The van der Waals surface area contributed by atoms with E-state index in [0.717, 1.165) is 27.8 Å². The molecule has 0 aliphatic carbocycles. The number of benzene rings is 1. The van der Waals surface area contributed by atoms with Crippen molar-refractivity contribution in [3.63, 3.8) is 0 Å². The van der Waals surface area contributed by atoms with Crippen LogP contribution in [-0.4, -0.2) is 35.9 Å². The fraction of sp³-hybridized carbons (Fsp3) is 0.400. The van der Waals surface area contributed by atoms with Crippen molar-refractivity contribution in [3.8, 4) is 11.5 Å². The van der Waals surface area contributed by atoms with E-state index in [1.165, 1.54) is 8.96 Å². The van der Waals surface area contributed by atoms with Crippen LogP contribution in [0.25, 0.3) is 5.57 Å². The van der Waals surface area contributed by atoms with Crippen LogP contribution in [0.2, 0.25) is 5.02 Å². The van der Waals surface area contributed by atoms with Gasteiger partial charge in [0.15, 0.2) is 5.70 Å². The van der Waals surface area contributed by atoms with Crippen LogP contribution in [0.1, 0.15) is 62.2 Å². The Morgan fingerprint density at radius 2 is 1.64 bits per heavy atom. The first-order chi connectivity index (χ1) is 15.6. The van der Waals surface area contributed by atoms with Gasteiger partial charge in [0.1, 0.15) is 17.2 Å². The van der Waals surface area contributed by atoms with Crippen molar-refractivity contribution in [2.75, 3.05) is 14.2 Å². The molecule has 0 spiro atoms. The summed E-state index contributed by atoms with van der Waals surface area (Å²) in [6.07, 6.45) is 1.34. The number of ether oxygens (including phenoxy) is 2. The lowest BCUT2D eigenvalue weighted by atomic mass is 9.83. The molecule has 2 aromatic rings. The molecule has 1 aromatic heterocycles. The van der Waals surface area contributed by atoms with E-state index in [1.54, 1.807) is 40.2 Å². The number of hydrogen-bond acceptors (Lipinski definition) is 2. The highest BCUT2D eigenvalue weighted by atomic mass is 35.5. The van der Waals surface area contributed by atoms with Crippen LogP contribution in [0.3, 0.4) is 0 Å². The number of fused-ring (bicyclic) bond motifs is 2. The second-order valence-electron chi connectivity index (χ2n) is 8.67. The van der Waals surface area contributed by atoms with E-state index < -0.39 is 6.97 Å². The fourth-order valence-electron chi connectivity index (χ4n) is 5.79. The van der Waals surface area contributed by atoms with E-state index in [-0.39, 0.29) is 0 Å². The Kier molecular flexibility index (Phi) is 5.76. The number of allylic oxidation sites excluding steroid dienone is 2. The monoisotopic (exact) mass is 474 g/mol. The van der Waals surface area contributed by atoms with Crippen LogP contribution < -0.4 is 9.47 Å². The first-order valence-corrected chi connectivity index (χ1v) is 11.7. The van der Waals surface area contributed by atoms with Crippen molar-refractivity contribution in [1.82, 2.24) is 4.48 Å². The molecule has 0 N–H and O–H groups in total. The van der Waals surface area contributed by atoms with Gasteiger partial charge < -0.3 is 27.1 Å². The normalized spacial score (nSPS) is 17.1. The molecule has 4 nitrogen and oxygen atoms in total. The van der Waals surface area contributed by atoms with Crippen LogP contribution >= 0.6 is 11.6 Å².